The molecule has 2 fully saturated rings. The highest BCUT2D eigenvalue weighted by Crippen LogP contribution is 2.35. The van der Waals surface area contributed by atoms with E-state index in [1.54, 1.807) is 32.4 Å². The highest BCUT2D eigenvalue weighted by atomic mass is 35.5. The maximum atomic E-state index is 13.2. The molecule has 2 aromatic carbocycles. The summed E-state index contributed by atoms with van der Waals surface area (Å²) < 4.78 is 16.5. The number of nitrogens with zero attached hydrogens (tertiary/aromatic N) is 3. The van der Waals surface area contributed by atoms with Gasteiger partial charge in [-0.1, -0.05) is 36.9 Å². The molecule has 0 atom stereocenters. The number of hydrogen-bond acceptors (Lipinski definition) is 8. The third-order valence-electron chi connectivity index (χ3n) is 9.62. The molecule has 5 rings (SSSR count). The number of likely N-dealkylation sites (tertiary alicyclic amines) is 1. The molecule has 11 heteroatoms. The minimum atomic E-state index is -0.459. The fourth-order valence-corrected chi connectivity index (χ4v) is 6.98. The smallest absolute Gasteiger partial charge is 0.410 e. The normalized spacial score (nSPS) is 15.8. The Hall–Kier alpha value is -4.18. The number of carbonyl (C=O) groups is 2. The predicted molar refractivity (Wildman–Crippen MR) is 200 cm³/mol. The molecule has 0 radical (unpaired) electrons. The second kappa shape index (κ2) is 17.2. The van der Waals surface area contributed by atoms with Crippen molar-refractivity contribution in [3.8, 4) is 11.5 Å². The van der Waals surface area contributed by atoms with Crippen LogP contribution >= 0.6 is 11.6 Å². The van der Waals surface area contributed by atoms with Crippen LogP contribution in [0.4, 0.5) is 21.9 Å². The number of halogens is 1. The van der Waals surface area contributed by atoms with Crippen LogP contribution in [-0.4, -0.2) is 67.9 Å². The van der Waals surface area contributed by atoms with Gasteiger partial charge in [-0.2, -0.15) is 0 Å². The molecule has 2 aliphatic rings. The number of rotatable bonds is 12. The summed E-state index contributed by atoms with van der Waals surface area (Å²) in [4.78, 5) is 34.1. The number of anilines is 3. The molecule has 0 spiro atoms. The Morgan fingerprint density at radius 1 is 0.900 bits per heavy atom. The molecule has 3 aromatic rings. The molecule has 2 saturated heterocycles. The summed E-state index contributed by atoms with van der Waals surface area (Å²) in [6.45, 7) is 9.69. The Morgan fingerprint density at radius 3 is 2.24 bits per heavy atom. The van der Waals surface area contributed by atoms with Gasteiger partial charge in [0.25, 0.3) is 5.91 Å². The number of pyridine rings is 1. The van der Waals surface area contributed by atoms with Crippen molar-refractivity contribution >= 4 is 40.7 Å². The van der Waals surface area contributed by atoms with Crippen molar-refractivity contribution in [3.05, 3.63) is 71.0 Å². The molecule has 10 nitrogen and oxygen atoms in total. The summed E-state index contributed by atoms with van der Waals surface area (Å²) in [7, 11) is 3.30. The third-order valence-corrected chi connectivity index (χ3v) is 9.83. The second-order valence-corrected chi connectivity index (χ2v) is 14.7. The number of aromatic nitrogens is 1. The SMILES string of the molecule is COc1ccc(CNc2ccc(NC(=O)c3cccc(Cl)n3)c(N3CCC(CCCC4CCN(C(=O)OC(C)(C)C)CC4)CC3)c2)c(OC)c1. The Bertz CT molecular complexity index is 1600. The van der Waals surface area contributed by atoms with E-state index in [2.05, 4.69) is 26.6 Å². The molecule has 2 N–H and O–H groups in total. The first kappa shape index (κ1) is 37.1. The number of hydrogen-bond donors (Lipinski definition) is 2. The van der Waals surface area contributed by atoms with Crippen molar-refractivity contribution in [2.45, 2.75) is 77.9 Å². The van der Waals surface area contributed by atoms with Gasteiger partial charge < -0.3 is 34.6 Å². The molecular formula is C39H52ClN5O5. The highest BCUT2D eigenvalue weighted by Gasteiger charge is 2.28. The average Bonchev–Trinajstić information content (AvgIpc) is 3.11. The van der Waals surface area contributed by atoms with E-state index in [1.807, 2.05) is 56.0 Å². The lowest BCUT2D eigenvalue weighted by molar-refractivity contribution is 0.0180. The van der Waals surface area contributed by atoms with E-state index in [4.69, 9.17) is 25.8 Å². The number of piperidine rings is 2. The van der Waals surface area contributed by atoms with Crippen LogP contribution in [0.1, 0.15) is 81.8 Å². The van der Waals surface area contributed by atoms with Crippen LogP contribution in [0.25, 0.3) is 0 Å². The topological polar surface area (TPSA) is 105 Å². The minimum absolute atomic E-state index is 0.189. The first-order chi connectivity index (χ1) is 24.0. The molecule has 3 heterocycles. The number of benzene rings is 2. The van der Waals surface area contributed by atoms with Gasteiger partial charge in [0, 0.05) is 50.0 Å². The van der Waals surface area contributed by atoms with Crippen LogP contribution in [0.3, 0.4) is 0 Å². The lowest BCUT2D eigenvalue weighted by Crippen LogP contribution is -2.41. The van der Waals surface area contributed by atoms with Gasteiger partial charge in [0.2, 0.25) is 0 Å². The summed E-state index contributed by atoms with van der Waals surface area (Å²) in [5, 5.41) is 6.91. The van der Waals surface area contributed by atoms with Crippen LogP contribution in [0.15, 0.2) is 54.6 Å². The largest absolute Gasteiger partial charge is 0.497 e. The predicted octanol–water partition coefficient (Wildman–Crippen LogP) is 8.65. The van der Waals surface area contributed by atoms with Gasteiger partial charge in [-0.25, -0.2) is 9.78 Å². The maximum Gasteiger partial charge on any atom is 0.410 e. The zero-order chi connectivity index (χ0) is 35.7. The fourth-order valence-electron chi connectivity index (χ4n) is 6.81. The van der Waals surface area contributed by atoms with Gasteiger partial charge in [-0.3, -0.25) is 4.79 Å². The van der Waals surface area contributed by atoms with Crippen molar-refractivity contribution in [1.29, 1.82) is 0 Å². The van der Waals surface area contributed by atoms with E-state index in [0.29, 0.717) is 18.4 Å². The lowest BCUT2D eigenvalue weighted by atomic mass is 9.87. The zero-order valence-corrected chi connectivity index (χ0v) is 30.9. The molecule has 270 valence electrons. The van der Waals surface area contributed by atoms with Crippen LogP contribution in [-0.2, 0) is 11.3 Å². The van der Waals surface area contributed by atoms with Crippen LogP contribution in [0.5, 0.6) is 11.5 Å². The molecule has 0 bridgehead atoms. The summed E-state index contributed by atoms with van der Waals surface area (Å²) >= 11 is 6.08. The number of ether oxygens (including phenoxy) is 3. The zero-order valence-electron chi connectivity index (χ0n) is 30.1. The van der Waals surface area contributed by atoms with E-state index < -0.39 is 5.60 Å². The third kappa shape index (κ3) is 10.4. The van der Waals surface area contributed by atoms with Crippen molar-refractivity contribution in [2.24, 2.45) is 11.8 Å². The number of amides is 2. The first-order valence-electron chi connectivity index (χ1n) is 17.8. The Kier molecular flexibility index (Phi) is 12.7. The molecular weight excluding hydrogens is 654 g/mol. The average molecular weight is 706 g/mol. The summed E-state index contributed by atoms with van der Waals surface area (Å²) in [5.74, 6) is 2.53. The van der Waals surface area contributed by atoms with E-state index in [9.17, 15) is 9.59 Å². The molecule has 0 saturated carbocycles. The van der Waals surface area contributed by atoms with Crippen LogP contribution in [0.2, 0.25) is 5.15 Å². The quantitative estimate of drug-likeness (QED) is 0.181. The molecule has 1 aromatic heterocycles. The van der Waals surface area contributed by atoms with E-state index in [0.717, 1.165) is 86.0 Å². The van der Waals surface area contributed by atoms with Gasteiger partial charge in [0.1, 0.15) is 27.9 Å². The van der Waals surface area contributed by atoms with Gasteiger partial charge in [0.15, 0.2) is 0 Å². The highest BCUT2D eigenvalue weighted by molar-refractivity contribution is 6.29. The molecule has 50 heavy (non-hydrogen) atoms. The van der Waals surface area contributed by atoms with Crippen molar-refractivity contribution in [1.82, 2.24) is 9.88 Å². The molecule has 2 amide bonds. The van der Waals surface area contributed by atoms with E-state index in [1.165, 1.54) is 19.3 Å². The van der Waals surface area contributed by atoms with E-state index in [-0.39, 0.29) is 22.8 Å². The molecule has 0 unspecified atom stereocenters. The Labute approximate surface area is 301 Å². The lowest BCUT2D eigenvalue weighted by Gasteiger charge is -2.36. The Balaban J connectivity index is 1.18. The van der Waals surface area contributed by atoms with Crippen LogP contribution in [0, 0.1) is 11.8 Å². The van der Waals surface area contributed by atoms with Crippen molar-refractivity contribution < 1.29 is 23.8 Å². The number of nitrogens with one attached hydrogen (secondary N) is 2. The van der Waals surface area contributed by atoms with Crippen LogP contribution < -0.4 is 25.0 Å². The fraction of sp³-hybridized carbons (Fsp3) is 0.513. The van der Waals surface area contributed by atoms with Gasteiger partial charge in [-0.15, -0.1) is 0 Å². The van der Waals surface area contributed by atoms with Crippen molar-refractivity contribution in [3.63, 3.8) is 0 Å². The molecule has 0 aliphatic carbocycles. The summed E-state index contributed by atoms with van der Waals surface area (Å²) in [6, 6.07) is 16.9. The number of carbonyl (C=O) groups excluding carboxylic acids is 2. The molecule has 2 aliphatic heterocycles. The second-order valence-electron chi connectivity index (χ2n) is 14.3. The summed E-state index contributed by atoms with van der Waals surface area (Å²) in [5.41, 5.74) is 3.47. The maximum absolute atomic E-state index is 13.2. The Morgan fingerprint density at radius 2 is 1.60 bits per heavy atom. The number of methoxy groups -OCH3 is 2. The monoisotopic (exact) mass is 705 g/mol. The van der Waals surface area contributed by atoms with Gasteiger partial charge in [-0.05, 0) is 101 Å². The van der Waals surface area contributed by atoms with Gasteiger partial charge in [0.05, 0.1) is 25.6 Å². The first-order valence-corrected chi connectivity index (χ1v) is 18.1. The summed E-state index contributed by atoms with van der Waals surface area (Å²) in [6.07, 6.45) is 7.74. The van der Waals surface area contributed by atoms with Crippen molar-refractivity contribution in [2.75, 3.05) is 55.9 Å². The minimum Gasteiger partial charge on any atom is -0.497 e. The van der Waals surface area contributed by atoms with E-state index >= 15 is 0 Å². The standard InChI is InChI=1S/C39H52ClN5O5/c1-39(2,3)50-38(47)45-22-18-28(19-23-45)9-6-8-27-16-20-44(21-17-27)34-24-30(41-26-29-12-14-31(48-4)25-35(29)49-5)13-15-32(34)43-37(46)33-10-7-11-36(40)42-33/h7,10-15,24-25,27-28,41H,6,8-9,16-23,26H2,1-5H3,(H,43,46). The van der Waals surface area contributed by atoms with Gasteiger partial charge >= 0.3 is 6.09 Å².